The average molecular weight is 223 g/mol. The van der Waals surface area contributed by atoms with Crippen LogP contribution in [0.3, 0.4) is 0 Å². The maximum absolute atomic E-state index is 5.84. The predicted octanol–water partition coefficient (Wildman–Crippen LogP) is 2.83. The lowest BCUT2D eigenvalue weighted by atomic mass is 9.89. The summed E-state index contributed by atoms with van der Waals surface area (Å²) >= 11 is 0. The van der Waals surface area contributed by atoms with Gasteiger partial charge >= 0.3 is 0 Å². The first-order valence-electron chi connectivity index (χ1n) is 6.16. The maximum Gasteiger partial charge on any atom is 0.129 e. The van der Waals surface area contributed by atoms with E-state index in [0.717, 1.165) is 17.2 Å². The van der Waals surface area contributed by atoms with Crippen LogP contribution < -0.4 is 5.73 Å². The summed E-state index contributed by atoms with van der Waals surface area (Å²) < 4.78 is 11.2. The van der Waals surface area contributed by atoms with Crippen LogP contribution in [0, 0.1) is 5.92 Å². The van der Waals surface area contributed by atoms with Gasteiger partial charge in [0.05, 0.1) is 12.4 Å². The smallest absolute Gasteiger partial charge is 0.129 e. The molecule has 1 aliphatic carbocycles. The molecule has 0 aromatic carbocycles. The number of rotatable bonds is 4. The Bertz CT molecular complexity index is 313. The molecule has 16 heavy (non-hydrogen) atoms. The van der Waals surface area contributed by atoms with E-state index in [0.29, 0.717) is 19.3 Å². The molecule has 1 aromatic heterocycles. The van der Waals surface area contributed by atoms with Gasteiger partial charge in [-0.3, -0.25) is 0 Å². The first-order valence-corrected chi connectivity index (χ1v) is 6.16. The van der Waals surface area contributed by atoms with Crippen LogP contribution in [-0.2, 0) is 17.9 Å². The predicted molar refractivity (Wildman–Crippen MR) is 62.8 cm³/mol. The molecular formula is C13H21NO2. The summed E-state index contributed by atoms with van der Waals surface area (Å²) in [6.45, 7) is 3.43. The fourth-order valence-corrected chi connectivity index (χ4v) is 2.21. The minimum atomic E-state index is 0.419. The molecule has 1 heterocycles. The minimum absolute atomic E-state index is 0.419. The van der Waals surface area contributed by atoms with Crippen molar-refractivity contribution in [3.8, 4) is 0 Å². The molecule has 0 unspecified atom stereocenters. The second-order valence-corrected chi connectivity index (χ2v) is 4.82. The zero-order valence-corrected chi connectivity index (χ0v) is 9.95. The van der Waals surface area contributed by atoms with Crippen molar-refractivity contribution in [1.82, 2.24) is 0 Å². The van der Waals surface area contributed by atoms with E-state index >= 15 is 0 Å². The van der Waals surface area contributed by atoms with Crippen LogP contribution in [0.15, 0.2) is 16.7 Å². The Morgan fingerprint density at radius 2 is 2.12 bits per heavy atom. The molecule has 2 N–H and O–H groups in total. The van der Waals surface area contributed by atoms with E-state index in [9.17, 15) is 0 Å². The number of furan rings is 1. The molecule has 1 aromatic rings. The molecular weight excluding hydrogens is 202 g/mol. The normalized spacial score (nSPS) is 25.9. The Morgan fingerprint density at radius 3 is 2.75 bits per heavy atom. The van der Waals surface area contributed by atoms with E-state index < -0.39 is 0 Å². The fourth-order valence-electron chi connectivity index (χ4n) is 2.21. The summed E-state index contributed by atoms with van der Waals surface area (Å²) in [5.41, 5.74) is 6.55. The highest BCUT2D eigenvalue weighted by Gasteiger charge is 2.18. The lowest BCUT2D eigenvalue weighted by Crippen LogP contribution is -2.20. The summed E-state index contributed by atoms with van der Waals surface area (Å²) in [6, 6.07) is 1.98. The summed E-state index contributed by atoms with van der Waals surface area (Å²) in [6.07, 6.45) is 7.08. The van der Waals surface area contributed by atoms with Crippen LogP contribution in [0.25, 0.3) is 0 Å². The summed E-state index contributed by atoms with van der Waals surface area (Å²) in [5.74, 6) is 1.76. The van der Waals surface area contributed by atoms with Crippen molar-refractivity contribution in [2.24, 2.45) is 11.7 Å². The standard InChI is InChI=1S/C13H21NO2/c1-10-2-4-12(5-3-10)16-9-13-6-11(7-14)8-15-13/h6,8,10,12H,2-5,7,9,14H2,1H3. The third-order valence-electron chi connectivity index (χ3n) is 3.37. The van der Waals surface area contributed by atoms with Gasteiger partial charge in [0.1, 0.15) is 12.4 Å². The van der Waals surface area contributed by atoms with Crippen LogP contribution in [0.4, 0.5) is 0 Å². The van der Waals surface area contributed by atoms with Gasteiger partial charge in [-0.1, -0.05) is 6.92 Å². The molecule has 2 rings (SSSR count). The van der Waals surface area contributed by atoms with Crippen molar-refractivity contribution in [2.75, 3.05) is 0 Å². The molecule has 1 saturated carbocycles. The van der Waals surface area contributed by atoms with Gasteiger partial charge in [-0.25, -0.2) is 0 Å². The molecule has 0 aliphatic heterocycles. The SMILES string of the molecule is CC1CCC(OCc2cc(CN)co2)CC1. The van der Waals surface area contributed by atoms with Crippen molar-refractivity contribution in [2.45, 2.75) is 51.9 Å². The molecule has 0 saturated heterocycles. The summed E-state index contributed by atoms with van der Waals surface area (Å²) in [5, 5.41) is 0. The van der Waals surface area contributed by atoms with E-state index in [1.165, 1.54) is 25.7 Å². The third-order valence-corrected chi connectivity index (χ3v) is 3.37. The van der Waals surface area contributed by atoms with Crippen LogP contribution in [-0.4, -0.2) is 6.10 Å². The van der Waals surface area contributed by atoms with Crippen LogP contribution in [0.5, 0.6) is 0 Å². The van der Waals surface area contributed by atoms with Crippen molar-refractivity contribution in [3.05, 3.63) is 23.7 Å². The molecule has 3 nitrogen and oxygen atoms in total. The van der Waals surface area contributed by atoms with Gasteiger partial charge in [-0.05, 0) is 37.7 Å². The first kappa shape index (κ1) is 11.7. The first-order chi connectivity index (χ1) is 7.78. The van der Waals surface area contributed by atoms with Gasteiger partial charge in [0.15, 0.2) is 0 Å². The number of hydrogen-bond donors (Lipinski definition) is 1. The topological polar surface area (TPSA) is 48.4 Å². The third kappa shape index (κ3) is 3.09. The Labute approximate surface area is 97.0 Å². The molecule has 90 valence electrons. The van der Waals surface area contributed by atoms with E-state index in [1.54, 1.807) is 6.26 Å². The van der Waals surface area contributed by atoms with Crippen LogP contribution >= 0.6 is 0 Å². The highest BCUT2D eigenvalue weighted by Crippen LogP contribution is 2.26. The average Bonchev–Trinajstić information content (AvgIpc) is 2.76. The quantitative estimate of drug-likeness (QED) is 0.853. The lowest BCUT2D eigenvalue weighted by molar-refractivity contribution is 0.00127. The molecule has 0 spiro atoms. The van der Waals surface area contributed by atoms with Crippen molar-refractivity contribution in [1.29, 1.82) is 0 Å². The molecule has 1 fully saturated rings. The van der Waals surface area contributed by atoms with E-state index in [4.69, 9.17) is 14.9 Å². The summed E-state index contributed by atoms with van der Waals surface area (Å²) in [7, 11) is 0. The van der Waals surface area contributed by atoms with Gasteiger partial charge in [0.25, 0.3) is 0 Å². The lowest BCUT2D eigenvalue weighted by Gasteiger charge is -2.25. The molecule has 0 atom stereocenters. The molecule has 0 radical (unpaired) electrons. The van der Waals surface area contributed by atoms with Crippen LogP contribution in [0.1, 0.15) is 43.9 Å². The van der Waals surface area contributed by atoms with Gasteiger partial charge in [-0.2, -0.15) is 0 Å². The maximum atomic E-state index is 5.84. The highest BCUT2D eigenvalue weighted by molar-refractivity contribution is 5.11. The Kier molecular flexibility index (Phi) is 4.02. The molecule has 1 aliphatic rings. The molecule has 3 heteroatoms. The van der Waals surface area contributed by atoms with Crippen molar-refractivity contribution in [3.63, 3.8) is 0 Å². The second-order valence-electron chi connectivity index (χ2n) is 4.82. The molecule has 0 bridgehead atoms. The second kappa shape index (κ2) is 5.51. The number of nitrogens with two attached hydrogens (primary N) is 1. The minimum Gasteiger partial charge on any atom is -0.467 e. The Hall–Kier alpha value is -0.800. The van der Waals surface area contributed by atoms with Crippen molar-refractivity contribution < 1.29 is 9.15 Å². The fraction of sp³-hybridized carbons (Fsp3) is 0.692. The Morgan fingerprint density at radius 1 is 1.38 bits per heavy atom. The van der Waals surface area contributed by atoms with Crippen molar-refractivity contribution >= 4 is 0 Å². The number of ether oxygens (including phenoxy) is 1. The van der Waals surface area contributed by atoms with Gasteiger partial charge in [0, 0.05) is 12.1 Å². The summed E-state index contributed by atoms with van der Waals surface area (Å²) in [4.78, 5) is 0. The zero-order chi connectivity index (χ0) is 11.4. The monoisotopic (exact) mass is 223 g/mol. The molecule has 0 amide bonds. The Balaban J connectivity index is 1.74. The largest absolute Gasteiger partial charge is 0.467 e. The van der Waals surface area contributed by atoms with Gasteiger partial charge in [0.2, 0.25) is 0 Å². The van der Waals surface area contributed by atoms with Gasteiger partial charge < -0.3 is 14.9 Å². The van der Waals surface area contributed by atoms with E-state index in [-0.39, 0.29) is 0 Å². The highest BCUT2D eigenvalue weighted by atomic mass is 16.5. The van der Waals surface area contributed by atoms with Gasteiger partial charge in [-0.15, -0.1) is 0 Å². The van der Waals surface area contributed by atoms with E-state index in [2.05, 4.69) is 6.92 Å². The number of hydrogen-bond acceptors (Lipinski definition) is 3. The van der Waals surface area contributed by atoms with Crippen LogP contribution in [0.2, 0.25) is 0 Å². The van der Waals surface area contributed by atoms with E-state index in [1.807, 2.05) is 6.07 Å². The zero-order valence-electron chi connectivity index (χ0n) is 9.95.